The van der Waals surface area contributed by atoms with Gasteiger partial charge in [-0.1, -0.05) is 67.6 Å². The lowest BCUT2D eigenvalue weighted by Gasteiger charge is -2.28. The summed E-state index contributed by atoms with van der Waals surface area (Å²) in [5, 5.41) is 6.57. The minimum atomic E-state index is 0. The molecule has 0 spiro atoms. The topological polar surface area (TPSA) is 41.1 Å². The molecule has 1 amide bonds. The maximum atomic E-state index is 12.4. The van der Waals surface area contributed by atoms with E-state index in [4.69, 9.17) is 0 Å². The van der Waals surface area contributed by atoms with Gasteiger partial charge in [-0.05, 0) is 55.3 Å². The van der Waals surface area contributed by atoms with Gasteiger partial charge in [0.15, 0.2) is 0 Å². The van der Waals surface area contributed by atoms with Crippen molar-refractivity contribution in [1.82, 2.24) is 10.6 Å². The van der Waals surface area contributed by atoms with Crippen molar-refractivity contribution in [3.63, 3.8) is 0 Å². The molecular formula is C24H33ClN2O. The number of carbonyl (C=O) groups excluding carboxylic acids is 1. The highest BCUT2D eigenvalue weighted by Crippen LogP contribution is 2.27. The Morgan fingerprint density at radius 2 is 1.54 bits per heavy atom. The molecule has 152 valence electrons. The minimum absolute atomic E-state index is 0. The van der Waals surface area contributed by atoms with E-state index in [0.29, 0.717) is 30.7 Å². The number of piperidine rings is 1. The molecule has 0 radical (unpaired) electrons. The Balaban J connectivity index is 0.00000280. The van der Waals surface area contributed by atoms with Crippen molar-refractivity contribution in [1.29, 1.82) is 0 Å². The van der Waals surface area contributed by atoms with Crippen molar-refractivity contribution in [3.8, 4) is 0 Å². The Bertz CT molecular complexity index is 647. The standard InChI is InChI=1S/C24H32N2O.ClH/c1-19(20-12-15-25-16-13-20)18-24(27)26-17-14-23(21-8-4-2-5-9-21)22-10-6-3-7-11-22;/h2-11,19-20,23,25H,12-18H2,1H3,(H,26,27);1H. The molecule has 0 saturated carbocycles. The average molecular weight is 401 g/mol. The second-order valence-corrected chi connectivity index (χ2v) is 7.78. The van der Waals surface area contributed by atoms with E-state index in [-0.39, 0.29) is 18.3 Å². The van der Waals surface area contributed by atoms with Crippen LogP contribution in [0.1, 0.15) is 49.7 Å². The van der Waals surface area contributed by atoms with Crippen LogP contribution in [-0.2, 0) is 4.79 Å². The van der Waals surface area contributed by atoms with Gasteiger partial charge in [0.1, 0.15) is 0 Å². The molecule has 1 unspecified atom stereocenters. The Morgan fingerprint density at radius 3 is 2.07 bits per heavy atom. The Kier molecular flexibility index (Phi) is 9.52. The van der Waals surface area contributed by atoms with Crippen molar-refractivity contribution < 1.29 is 4.79 Å². The van der Waals surface area contributed by atoms with E-state index in [1.54, 1.807) is 0 Å². The number of hydrogen-bond acceptors (Lipinski definition) is 2. The van der Waals surface area contributed by atoms with Crippen molar-refractivity contribution >= 4 is 18.3 Å². The van der Waals surface area contributed by atoms with Crippen molar-refractivity contribution in [2.75, 3.05) is 19.6 Å². The van der Waals surface area contributed by atoms with Crippen molar-refractivity contribution in [3.05, 3.63) is 71.8 Å². The maximum Gasteiger partial charge on any atom is 0.220 e. The van der Waals surface area contributed by atoms with Crippen LogP contribution in [0.3, 0.4) is 0 Å². The zero-order chi connectivity index (χ0) is 18.9. The highest BCUT2D eigenvalue weighted by Gasteiger charge is 2.22. The third kappa shape index (κ3) is 6.65. The molecule has 2 aromatic rings. The van der Waals surface area contributed by atoms with Crippen LogP contribution in [0.25, 0.3) is 0 Å². The number of nitrogens with one attached hydrogen (secondary N) is 2. The molecule has 0 aromatic heterocycles. The normalized spacial score (nSPS) is 15.6. The molecular weight excluding hydrogens is 368 g/mol. The lowest BCUT2D eigenvalue weighted by Crippen LogP contribution is -2.34. The van der Waals surface area contributed by atoms with Crippen LogP contribution in [0.15, 0.2) is 60.7 Å². The zero-order valence-corrected chi connectivity index (χ0v) is 17.6. The second-order valence-electron chi connectivity index (χ2n) is 7.78. The first-order valence-electron chi connectivity index (χ1n) is 10.3. The number of halogens is 1. The highest BCUT2D eigenvalue weighted by molar-refractivity contribution is 5.85. The van der Waals surface area contributed by atoms with Gasteiger partial charge in [0, 0.05) is 18.9 Å². The Hall–Kier alpha value is -1.84. The summed E-state index contributed by atoms with van der Waals surface area (Å²) in [5.74, 6) is 1.65. The van der Waals surface area contributed by atoms with Gasteiger partial charge in [0.2, 0.25) is 5.91 Å². The van der Waals surface area contributed by atoms with Gasteiger partial charge in [-0.2, -0.15) is 0 Å². The van der Waals surface area contributed by atoms with E-state index in [0.717, 1.165) is 19.5 Å². The first-order valence-corrected chi connectivity index (χ1v) is 10.3. The third-order valence-electron chi connectivity index (χ3n) is 5.85. The maximum absolute atomic E-state index is 12.4. The fourth-order valence-corrected chi connectivity index (χ4v) is 4.20. The third-order valence-corrected chi connectivity index (χ3v) is 5.85. The molecule has 2 aromatic carbocycles. The molecule has 1 fully saturated rings. The molecule has 1 heterocycles. The average Bonchev–Trinajstić information content (AvgIpc) is 2.73. The lowest BCUT2D eigenvalue weighted by atomic mass is 9.84. The SMILES string of the molecule is CC(CC(=O)NCCC(c1ccccc1)c1ccccc1)C1CCNCC1.Cl. The number of rotatable bonds is 8. The molecule has 2 N–H and O–H groups in total. The second kappa shape index (κ2) is 11.9. The monoisotopic (exact) mass is 400 g/mol. The number of hydrogen-bond donors (Lipinski definition) is 2. The van der Waals surface area contributed by atoms with Crippen LogP contribution in [0.5, 0.6) is 0 Å². The number of benzene rings is 2. The van der Waals surface area contributed by atoms with E-state index in [2.05, 4.69) is 78.2 Å². The van der Waals surface area contributed by atoms with E-state index >= 15 is 0 Å². The summed E-state index contributed by atoms with van der Waals surface area (Å²) in [6.07, 6.45) is 3.95. The molecule has 1 aliphatic rings. The van der Waals surface area contributed by atoms with Gasteiger partial charge < -0.3 is 10.6 Å². The van der Waals surface area contributed by atoms with E-state index in [1.165, 1.54) is 24.0 Å². The Morgan fingerprint density at radius 1 is 1.00 bits per heavy atom. The van der Waals surface area contributed by atoms with Crippen LogP contribution in [-0.4, -0.2) is 25.5 Å². The van der Waals surface area contributed by atoms with Gasteiger partial charge >= 0.3 is 0 Å². The van der Waals surface area contributed by atoms with Crippen LogP contribution in [0.4, 0.5) is 0 Å². The largest absolute Gasteiger partial charge is 0.356 e. The first-order chi connectivity index (χ1) is 13.2. The summed E-state index contributed by atoms with van der Waals surface area (Å²) < 4.78 is 0. The highest BCUT2D eigenvalue weighted by atomic mass is 35.5. The number of amides is 1. The molecule has 0 bridgehead atoms. The lowest BCUT2D eigenvalue weighted by molar-refractivity contribution is -0.122. The van der Waals surface area contributed by atoms with Gasteiger partial charge in [0.05, 0.1) is 0 Å². The zero-order valence-electron chi connectivity index (χ0n) is 16.8. The summed E-state index contributed by atoms with van der Waals surface area (Å²) in [5.41, 5.74) is 2.61. The molecule has 1 aliphatic heterocycles. The molecule has 4 heteroatoms. The van der Waals surface area contributed by atoms with Gasteiger partial charge in [0.25, 0.3) is 0 Å². The fourth-order valence-electron chi connectivity index (χ4n) is 4.20. The Labute approximate surface area is 175 Å². The van der Waals surface area contributed by atoms with Gasteiger partial charge in [-0.25, -0.2) is 0 Å². The van der Waals surface area contributed by atoms with Crippen molar-refractivity contribution in [2.24, 2.45) is 11.8 Å². The number of carbonyl (C=O) groups is 1. The summed E-state index contributed by atoms with van der Waals surface area (Å²) >= 11 is 0. The molecule has 28 heavy (non-hydrogen) atoms. The predicted molar refractivity (Wildman–Crippen MR) is 119 cm³/mol. The van der Waals surface area contributed by atoms with Gasteiger partial charge in [-0.15, -0.1) is 12.4 Å². The molecule has 3 rings (SSSR count). The van der Waals surface area contributed by atoms with Crippen LogP contribution in [0.2, 0.25) is 0 Å². The molecule has 1 saturated heterocycles. The van der Waals surface area contributed by atoms with E-state index < -0.39 is 0 Å². The van der Waals surface area contributed by atoms with E-state index in [9.17, 15) is 4.79 Å². The van der Waals surface area contributed by atoms with Crippen LogP contribution < -0.4 is 10.6 Å². The fraction of sp³-hybridized carbons (Fsp3) is 0.458. The summed E-state index contributed by atoms with van der Waals surface area (Å²) in [6.45, 7) is 5.12. The van der Waals surface area contributed by atoms with Crippen LogP contribution >= 0.6 is 12.4 Å². The first kappa shape index (κ1) is 22.4. The molecule has 3 nitrogen and oxygen atoms in total. The minimum Gasteiger partial charge on any atom is -0.356 e. The quantitative estimate of drug-likeness (QED) is 0.669. The molecule has 0 aliphatic carbocycles. The van der Waals surface area contributed by atoms with E-state index in [1.807, 2.05) is 0 Å². The van der Waals surface area contributed by atoms with Crippen molar-refractivity contribution in [2.45, 2.75) is 38.5 Å². The summed E-state index contributed by atoms with van der Waals surface area (Å²) in [4.78, 5) is 12.4. The molecule has 1 atom stereocenters. The predicted octanol–water partition coefficient (Wildman–Crippen LogP) is 4.77. The van der Waals surface area contributed by atoms with Gasteiger partial charge in [-0.3, -0.25) is 4.79 Å². The summed E-state index contributed by atoms with van der Waals surface area (Å²) in [7, 11) is 0. The van der Waals surface area contributed by atoms with Crippen LogP contribution in [0, 0.1) is 11.8 Å². The summed E-state index contributed by atoms with van der Waals surface area (Å²) in [6, 6.07) is 21.2. The smallest absolute Gasteiger partial charge is 0.220 e.